The van der Waals surface area contributed by atoms with Crippen molar-refractivity contribution in [2.75, 3.05) is 11.5 Å². The summed E-state index contributed by atoms with van der Waals surface area (Å²) in [5.41, 5.74) is 15.5. The Labute approximate surface area is 177 Å². The van der Waals surface area contributed by atoms with Crippen molar-refractivity contribution < 1.29 is 0 Å². The summed E-state index contributed by atoms with van der Waals surface area (Å²) in [7, 11) is 0. The van der Waals surface area contributed by atoms with Crippen LogP contribution in [0.3, 0.4) is 0 Å². The first-order chi connectivity index (χ1) is 14.7. The highest BCUT2D eigenvalue weighted by Gasteiger charge is 2.31. The van der Waals surface area contributed by atoms with Gasteiger partial charge in [-0.3, -0.25) is 9.97 Å². The molecule has 6 nitrogen and oxygen atoms in total. The maximum atomic E-state index is 6.00. The molecule has 30 heavy (non-hydrogen) atoms. The van der Waals surface area contributed by atoms with Gasteiger partial charge in [0.25, 0.3) is 0 Å². The van der Waals surface area contributed by atoms with Crippen LogP contribution in [-0.4, -0.2) is 19.9 Å². The smallest absolute Gasteiger partial charge is 0.123 e. The molecule has 0 aliphatic carbocycles. The number of anilines is 2. The van der Waals surface area contributed by atoms with E-state index >= 15 is 0 Å². The van der Waals surface area contributed by atoms with E-state index < -0.39 is 0 Å². The van der Waals surface area contributed by atoms with E-state index in [4.69, 9.17) is 11.5 Å². The van der Waals surface area contributed by atoms with Crippen molar-refractivity contribution in [1.29, 1.82) is 0 Å². The Morgan fingerprint density at radius 3 is 1.77 bits per heavy atom. The van der Waals surface area contributed by atoms with E-state index in [0.717, 1.165) is 22.6 Å². The summed E-state index contributed by atoms with van der Waals surface area (Å²) in [6.07, 6.45) is 5.39. The molecule has 0 amide bonds. The molecule has 4 aromatic heterocycles. The van der Waals surface area contributed by atoms with Gasteiger partial charge >= 0.3 is 0 Å². The van der Waals surface area contributed by atoms with Crippen molar-refractivity contribution in [2.24, 2.45) is 0 Å². The molecule has 1 atom stereocenters. The molecule has 0 spiro atoms. The van der Waals surface area contributed by atoms with Gasteiger partial charge in [0.05, 0.1) is 17.3 Å². The molecule has 0 fully saturated rings. The zero-order valence-corrected chi connectivity index (χ0v) is 17.2. The zero-order chi connectivity index (χ0) is 21.3. The van der Waals surface area contributed by atoms with Crippen molar-refractivity contribution in [1.82, 2.24) is 19.9 Å². The van der Waals surface area contributed by atoms with Crippen LogP contribution in [0.25, 0.3) is 0 Å². The van der Waals surface area contributed by atoms with Crippen LogP contribution in [0.1, 0.15) is 48.3 Å². The first kappa shape index (κ1) is 20.9. The fraction of sp³-hybridized carbons (Fsp3) is 0.167. The molecule has 4 heterocycles. The second-order valence-corrected chi connectivity index (χ2v) is 6.47. The number of hydrogen-bond acceptors (Lipinski definition) is 6. The van der Waals surface area contributed by atoms with Crippen molar-refractivity contribution >= 4 is 11.6 Å². The number of nitrogen functional groups attached to an aromatic ring is 2. The van der Waals surface area contributed by atoms with Gasteiger partial charge in [-0.05, 0) is 48.0 Å². The molecule has 0 saturated carbocycles. The van der Waals surface area contributed by atoms with Gasteiger partial charge in [0, 0.05) is 30.2 Å². The Balaban J connectivity index is 0.00000124. The lowest BCUT2D eigenvalue weighted by Gasteiger charge is -2.27. The first-order valence-corrected chi connectivity index (χ1v) is 9.98. The molecule has 1 unspecified atom stereocenters. The van der Waals surface area contributed by atoms with Gasteiger partial charge < -0.3 is 11.5 Å². The number of rotatable bonds is 5. The SMILES string of the molecule is CC.Nc1cccc(C(c2cccc(N)n2)C(c2cccnc2)c2ccccn2)n1. The maximum Gasteiger partial charge on any atom is 0.123 e. The molecule has 0 aromatic carbocycles. The van der Waals surface area contributed by atoms with Gasteiger partial charge in [0.1, 0.15) is 11.6 Å². The minimum atomic E-state index is -0.230. The van der Waals surface area contributed by atoms with Crippen LogP contribution in [0.4, 0.5) is 11.6 Å². The molecule has 0 saturated heterocycles. The van der Waals surface area contributed by atoms with E-state index in [1.165, 1.54) is 0 Å². The van der Waals surface area contributed by atoms with Crippen LogP contribution in [0.2, 0.25) is 0 Å². The third-order valence-electron chi connectivity index (χ3n) is 4.60. The second-order valence-electron chi connectivity index (χ2n) is 6.47. The van der Waals surface area contributed by atoms with Crippen molar-refractivity contribution in [3.05, 3.63) is 108 Å². The van der Waals surface area contributed by atoms with Gasteiger partial charge in [-0.25, -0.2) is 9.97 Å². The minimum absolute atomic E-state index is 0.154. The van der Waals surface area contributed by atoms with E-state index in [9.17, 15) is 0 Å². The summed E-state index contributed by atoms with van der Waals surface area (Å²) in [6, 6.07) is 21.1. The van der Waals surface area contributed by atoms with Gasteiger partial charge in [0.2, 0.25) is 0 Å². The van der Waals surface area contributed by atoms with E-state index in [2.05, 4.69) is 19.9 Å². The summed E-state index contributed by atoms with van der Waals surface area (Å²) < 4.78 is 0. The normalized spacial score (nSPS) is 11.4. The Morgan fingerprint density at radius 1 is 0.633 bits per heavy atom. The van der Waals surface area contributed by atoms with Crippen LogP contribution in [0, 0.1) is 0 Å². The van der Waals surface area contributed by atoms with Crippen molar-refractivity contribution in [2.45, 2.75) is 25.7 Å². The van der Waals surface area contributed by atoms with Crippen LogP contribution in [0.15, 0.2) is 85.3 Å². The molecule has 0 aliphatic rings. The molecule has 0 radical (unpaired) electrons. The summed E-state index contributed by atoms with van der Waals surface area (Å²) in [5.74, 6) is 0.527. The average molecular weight is 399 g/mol. The fourth-order valence-corrected chi connectivity index (χ4v) is 3.43. The number of nitrogens with zero attached hydrogens (tertiary/aromatic N) is 4. The molecular formula is C24H26N6. The topological polar surface area (TPSA) is 104 Å². The Bertz CT molecular complexity index is 968. The molecule has 4 rings (SSSR count). The van der Waals surface area contributed by atoms with Gasteiger partial charge in [-0.1, -0.05) is 38.1 Å². The van der Waals surface area contributed by atoms with Gasteiger partial charge in [-0.2, -0.15) is 0 Å². The quantitative estimate of drug-likeness (QED) is 0.516. The monoisotopic (exact) mass is 398 g/mol. The Hall–Kier alpha value is -3.80. The summed E-state index contributed by atoms with van der Waals surface area (Å²) in [5, 5.41) is 0. The van der Waals surface area contributed by atoms with Crippen LogP contribution >= 0.6 is 0 Å². The van der Waals surface area contributed by atoms with Gasteiger partial charge in [0.15, 0.2) is 0 Å². The lowest BCUT2D eigenvalue weighted by atomic mass is 9.79. The average Bonchev–Trinajstić information content (AvgIpc) is 2.80. The summed E-state index contributed by atoms with van der Waals surface area (Å²) >= 11 is 0. The number of hydrogen-bond donors (Lipinski definition) is 2. The van der Waals surface area contributed by atoms with Crippen molar-refractivity contribution in [3.63, 3.8) is 0 Å². The predicted molar refractivity (Wildman–Crippen MR) is 121 cm³/mol. The first-order valence-electron chi connectivity index (χ1n) is 9.98. The highest BCUT2D eigenvalue weighted by molar-refractivity contribution is 5.42. The lowest BCUT2D eigenvalue weighted by Crippen LogP contribution is -2.19. The highest BCUT2D eigenvalue weighted by atomic mass is 14.9. The predicted octanol–water partition coefficient (Wildman–Crippen LogP) is 4.42. The number of nitrogens with two attached hydrogens (primary N) is 2. The number of aromatic nitrogens is 4. The number of pyridine rings is 4. The van der Waals surface area contributed by atoms with Crippen LogP contribution < -0.4 is 11.5 Å². The minimum Gasteiger partial charge on any atom is -0.384 e. The lowest BCUT2D eigenvalue weighted by molar-refractivity contribution is 0.641. The second kappa shape index (κ2) is 10.1. The fourth-order valence-electron chi connectivity index (χ4n) is 3.43. The summed E-state index contributed by atoms with van der Waals surface area (Å²) in [4.78, 5) is 18.1. The summed E-state index contributed by atoms with van der Waals surface area (Å²) in [6.45, 7) is 4.00. The molecule has 0 bridgehead atoms. The molecular weight excluding hydrogens is 372 g/mol. The van der Waals surface area contributed by atoms with Crippen LogP contribution in [0.5, 0.6) is 0 Å². The maximum absolute atomic E-state index is 6.00. The molecule has 6 heteroatoms. The van der Waals surface area contributed by atoms with E-state index in [-0.39, 0.29) is 11.8 Å². The third-order valence-corrected chi connectivity index (χ3v) is 4.60. The van der Waals surface area contributed by atoms with E-state index in [1.807, 2.05) is 74.6 Å². The molecule has 152 valence electrons. The molecule has 4 N–H and O–H groups in total. The highest BCUT2D eigenvalue weighted by Crippen LogP contribution is 2.40. The largest absolute Gasteiger partial charge is 0.384 e. The van der Waals surface area contributed by atoms with E-state index in [1.54, 1.807) is 24.5 Å². The van der Waals surface area contributed by atoms with Crippen LogP contribution in [-0.2, 0) is 0 Å². The standard InChI is InChI=1S/C22H20N6.C2H6/c23-19-10-3-8-17(27-19)22(18-9-4-11-20(24)28-18)21(15-6-5-12-25-14-15)16-7-1-2-13-26-16;1-2/h1-14,21-22H,(H2,23,27)(H2,24,28);1-2H3. The van der Waals surface area contributed by atoms with Crippen molar-refractivity contribution in [3.8, 4) is 0 Å². The van der Waals surface area contributed by atoms with Gasteiger partial charge in [-0.15, -0.1) is 0 Å². The molecule has 0 aliphatic heterocycles. The molecule has 4 aromatic rings. The third kappa shape index (κ3) is 4.78. The zero-order valence-electron chi connectivity index (χ0n) is 17.2. The Kier molecular flexibility index (Phi) is 7.05. The van der Waals surface area contributed by atoms with E-state index in [0.29, 0.717) is 11.6 Å². The Morgan fingerprint density at radius 2 is 1.27 bits per heavy atom.